The van der Waals surface area contributed by atoms with E-state index in [4.69, 9.17) is 16.0 Å². The third-order valence-corrected chi connectivity index (χ3v) is 3.27. The summed E-state index contributed by atoms with van der Waals surface area (Å²) in [5.41, 5.74) is 0. The molecule has 0 N–H and O–H groups in total. The number of hydrogen-bond acceptors (Lipinski definition) is 4. The maximum absolute atomic E-state index is 5.79. The first kappa shape index (κ1) is 10.5. The Morgan fingerprint density at radius 1 is 1.60 bits per heavy atom. The van der Waals surface area contributed by atoms with Crippen LogP contribution in [0.1, 0.15) is 12.7 Å². The minimum Gasteiger partial charge on any atom is -0.467 e. The zero-order chi connectivity index (χ0) is 10.7. The van der Waals surface area contributed by atoms with Crippen LogP contribution in [-0.4, -0.2) is 11.5 Å². The molecule has 0 saturated heterocycles. The number of furan rings is 1. The van der Waals surface area contributed by atoms with Crippen LogP contribution in [0.15, 0.2) is 28.2 Å². The molecule has 0 amide bonds. The Hall–Kier alpha value is -1.00. The molecule has 2 aromatic heterocycles. The molecule has 2 aromatic rings. The van der Waals surface area contributed by atoms with Crippen LogP contribution in [0.5, 0.6) is 0 Å². The van der Waals surface area contributed by atoms with E-state index in [0.717, 1.165) is 24.0 Å². The van der Waals surface area contributed by atoms with Gasteiger partial charge in [0, 0.05) is 11.9 Å². The molecule has 0 bridgehead atoms. The van der Waals surface area contributed by atoms with Gasteiger partial charge in [0.05, 0.1) is 12.8 Å². The highest BCUT2D eigenvalue weighted by atomic mass is 35.5. The second-order valence-electron chi connectivity index (χ2n) is 3.05. The van der Waals surface area contributed by atoms with Crippen molar-refractivity contribution in [2.45, 2.75) is 13.5 Å². The first-order valence-electron chi connectivity index (χ1n) is 4.68. The molecular weight excluding hydrogens is 232 g/mol. The fourth-order valence-corrected chi connectivity index (χ4v) is 2.31. The van der Waals surface area contributed by atoms with Gasteiger partial charge in [0.2, 0.25) is 0 Å². The van der Waals surface area contributed by atoms with E-state index in [2.05, 4.69) is 16.8 Å². The van der Waals surface area contributed by atoms with Crippen molar-refractivity contribution < 1.29 is 4.42 Å². The Morgan fingerprint density at radius 3 is 3.00 bits per heavy atom. The second-order valence-corrected chi connectivity index (χ2v) is 4.27. The van der Waals surface area contributed by atoms with Gasteiger partial charge in [-0.1, -0.05) is 11.6 Å². The number of thiazole rings is 1. The lowest BCUT2D eigenvalue weighted by molar-refractivity contribution is 0.503. The predicted octanol–water partition coefficient (Wildman–Crippen LogP) is 3.42. The Kier molecular flexibility index (Phi) is 3.28. The largest absolute Gasteiger partial charge is 0.467 e. The standard InChI is InChI=1S/C10H11ClN2OS/c1-2-13(6-8-4-3-5-14-8)10-12-9(11)7-15-10/h3-5,7H,2,6H2,1H3. The third kappa shape index (κ3) is 2.52. The van der Waals surface area contributed by atoms with Crippen LogP contribution in [0, 0.1) is 0 Å². The summed E-state index contributed by atoms with van der Waals surface area (Å²) in [5, 5.41) is 3.31. The van der Waals surface area contributed by atoms with Crippen LogP contribution >= 0.6 is 22.9 Å². The summed E-state index contributed by atoms with van der Waals surface area (Å²) < 4.78 is 5.30. The monoisotopic (exact) mass is 242 g/mol. The number of halogens is 1. The van der Waals surface area contributed by atoms with Crippen molar-refractivity contribution in [1.29, 1.82) is 0 Å². The van der Waals surface area contributed by atoms with E-state index in [-0.39, 0.29) is 0 Å². The van der Waals surface area contributed by atoms with Crippen molar-refractivity contribution in [3.63, 3.8) is 0 Å². The summed E-state index contributed by atoms with van der Waals surface area (Å²) in [7, 11) is 0. The maximum Gasteiger partial charge on any atom is 0.187 e. The predicted molar refractivity (Wildman–Crippen MR) is 62.6 cm³/mol. The summed E-state index contributed by atoms with van der Waals surface area (Å²) in [6.07, 6.45) is 1.68. The first-order chi connectivity index (χ1) is 7.29. The number of hydrogen-bond donors (Lipinski definition) is 0. The molecule has 0 unspecified atom stereocenters. The van der Waals surface area contributed by atoms with Crippen LogP contribution in [0.25, 0.3) is 0 Å². The minimum atomic E-state index is 0.549. The molecule has 15 heavy (non-hydrogen) atoms. The number of anilines is 1. The van der Waals surface area contributed by atoms with Crippen LogP contribution in [-0.2, 0) is 6.54 Å². The molecule has 2 heterocycles. The molecule has 0 spiro atoms. The molecule has 5 heteroatoms. The summed E-state index contributed by atoms with van der Waals surface area (Å²) in [4.78, 5) is 6.35. The van der Waals surface area contributed by atoms with Crippen molar-refractivity contribution in [3.05, 3.63) is 34.7 Å². The average Bonchev–Trinajstić information content (AvgIpc) is 2.85. The lowest BCUT2D eigenvalue weighted by Gasteiger charge is -2.17. The smallest absolute Gasteiger partial charge is 0.187 e. The van der Waals surface area contributed by atoms with Crippen molar-refractivity contribution in [1.82, 2.24) is 4.98 Å². The highest BCUT2D eigenvalue weighted by Gasteiger charge is 2.10. The van der Waals surface area contributed by atoms with Gasteiger partial charge in [0.1, 0.15) is 10.9 Å². The second kappa shape index (κ2) is 4.68. The van der Waals surface area contributed by atoms with Gasteiger partial charge in [0.25, 0.3) is 0 Å². The van der Waals surface area contributed by atoms with Gasteiger partial charge < -0.3 is 9.32 Å². The van der Waals surface area contributed by atoms with Crippen LogP contribution in [0.4, 0.5) is 5.13 Å². The van der Waals surface area contributed by atoms with Crippen molar-refractivity contribution in [3.8, 4) is 0 Å². The van der Waals surface area contributed by atoms with E-state index in [1.807, 2.05) is 17.5 Å². The molecule has 0 aliphatic heterocycles. The number of nitrogens with zero attached hydrogens (tertiary/aromatic N) is 2. The molecule has 80 valence electrons. The first-order valence-corrected chi connectivity index (χ1v) is 5.93. The van der Waals surface area contributed by atoms with E-state index in [0.29, 0.717) is 5.15 Å². The van der Waals surface area contributed by atoms with E-state index in [1.54, 1.807) is 17.6 Å². The molecule has 0 radical (unpaired) electrons. The van der Waals surface area contributed by atoms with E-state index in [1.165, 1.54) is 0 Å². The summed E-state index contributed by atoms with van der Waals surface area (Å²) in [5.74, 6) is 0.933. The number of rotatable bonds is 4. The van der Waals surface area contributed by atoms with E-state index < -0.39 is 0 Å². The van der Waals surface area contributed by atoms with Crippen LogP contribution < -0.4 is 4.90 Å². The topological polar surface area (TPSA) is 29.3 Å². The quantitative estimate of drug-likeness (QED) is 0.823. The van der Waals surface area contributed by atoms with Gasteiger partial charge in [-0.25, -0.2) is 4.98 Å². The van der Waals surface area contributed by atoms with Gasteiger partial charge in [-0.3, -0.25) is 0 Å². The van der Waals surface area contributed by atoms with Gasteiger partial charge in [-0.05, 0) is 19.1 Å². The molecule has 0 fully saturated rings. The van der Waals surface area contributed by atoms with Gasteiger partial charge in [-0.2, -0.15) is 0 Å². The molecule has 3 nitrogen and oxygen atoms in total. The minimum absolute atomic E-state index is 0.549. The SMILES string of the molecule is CCN(Cc1ccco1)c1nc(Cl)cs1. The third-order valence-electron chi connectivity index (χ3n) is 2.04. The zero-order valence-corrected chi connectivity index (χ0v) is 9.88. The Balaban J connectivity index is 2.11. The summed E-state index contributed by atoms with van der Waals surface area (Å²) >= 11 is 7.34. The van der Waals surface area contributed by atoms with Crippen molar-refractivity contribution >= 4 is 28.1 Å². The Labute approximate surface area is 97.3 Å². The molecule has 2 rings (SSSR count). The van der Waals surface area contributed by atoms with Crippen molar-refractivity contribution in [2.75, 3.05) is 11.4 Å². The lowest BCUT2D eigenvalue weighted by Crippen LogP contribution is -2.21. The fourth-order valence-electron chi connectivity index (χ4n) is 1.30. The van der Waals surface area contributed by atoms with Crippen molar-refractivity contribution in [2.24, 2.45) is 0 Å². The normalized spacial score (nSPS) is 10.5. The lowest BCUT2D eigenvalue weighted by atomic mass is 10.4. The van der Waals surface area contributed by atoms with E-state index >= 15 is 0 Å². The zero-order valence-electron chi connectivity index (χ0n) is 8.31. The average molecular weight is 243 g/mol. The van der Waals surface area contributed by atoms with Gasteiger partial charge >= 0.3 is 0 Å². The summed E-state index contributed by atoms with van der Waals surface area (Å²) in [6, 6.07) is 3.84. The van der Waals surface area contributed by atoms with Gasteiger partial charge in [0.15, 0.2) is 5.13 Å². The highest BCUT2D eigenvalue weighted by Crippen LogP contribution is 2.24. The Morgan fingerprint density at radius 2 is 2.47 bits per heavy atom. The molecule has 0 aliphatic carbocycles. The number of aromatic nitrogens is 1. The molecule has 0 atom stereocenters. The van der Waals surface area contributed by atoms with Crippen LogP contribution in [0.2, 0.25) is 5.15 Å². The maximum atomic E-state index is 5.79. The van der Waals surface area contributed by atoms with Crippen LogP contribution in [0.3, 0.4) is 0 Å². The highest BCUT2D eigenvalue weighted by molar-refractivity contribution is 7.14. The molecule has 0 aromatic carbocycles. The fraction of sp³-hybridized carbons (Fsp3) is 0.300. The molecular formula is C10H11ClN2OS. The summed E-state index contributed by atoms with van der Waals surface area (Å²) in [6.45, 7) is 3.69. The van der Waals surface area contributed by atoms with E-state index in [9.17, 15) is 0 Å². The Bertz CT molecular complexity index is 413. The molecule has 0 saturated carbocycles. The molecule has 0 aliphatic rings. The van der Waals surface area contributed by atoms with Gasteiger partial charge in [-0.15, -0.1) is 11.3 Å².